The van der Waals surface area contributed by atoms with Crippen LogP contribution in [-0.4, -0.2) is 32.6 Å². The lowest BCUT2D eigenvalue weighted by molar-refractivity contribution is -0.220. The average Bonchev–Trinajstić information content (AvgIpc) is 3.05. The quantitative estimate of drug-likeness (QED) is 0.516. The van der Waals surface area contributed by atoms with Crippen LogP contribution in [0.25, 0.3) is 0 Å². The molecule has 0 aromatic carbocycles. The first-order valence-corrected chi connectivity index (χ1v) is 12.9. The minimum atomic E-state index is -1.00. The lowest BCUT2D eigenvalue weighted by Crippen LogP contribution is -2.67. The van der Waals surface area contributed by atoms with Crippen LogP contribution >= 0.6 is 0 Å². The second-order valence-corrected chi connectivity index (χ2v) is 12.6. The van der Waals surface area contributed by atoms with E-state index in [1.54, 1.807) is 0 Å². The van der Waals surface area contributed by atoms with Crippen LogP contribution in [0.4, 0.5) is 0 Å². The molecule has 4 rings (SSSR count). The Kier molecular flexibility index (Phi) is 5.84. The molecule has 0 radical (unpaired) electrons. The van der Waals surface area contributed by atoms with E-state index in [2.05, 4.69) is 53.7 Å². The highest BCUT2D eigenvalue weighted by molar-refractivity contribution is 5.31. The van der Waals surface area contributed by atoms with E-state index >= 15 is 0 Å². The Morgan fingerprint density at radius 2 is 1.58 bits per heavy atom. The van der Waals surface area contributed by atoms with Crippen molar-refractivity contribution in [1.29, 1.82) is 0 Å². The van der Waals surface area contributed by atoms with E-state index in [-0.39, 0.29) is 22.7 Å². The molecule has 0 spiro atoms. The molecule has 0 aromatic heterocycles. The summed E-state index contributed by atoms with van der Waals surface area (Å²) in [6, 6.07) is 0. The standard InChI is InChI=1S/C28H46O3/c1-18(2)19(3)7-8-20(4)22-9-10-23-25(22,5)13-12-24-26(6)14-11-21(29)17-27(26,30)15-16-28(23,24)31/h7-8,15-16,18-24,29-31H,9-14,17H2,1-6H3/t19?,20-,21?,22-,23-,24-,25-,26-,27?,28?/m1/s1. The number of hydrogen-bond acceptors (Lipinski definition) is 3. The van der Waals surface area contributed by atoms with Crippen molar-refractivity contribution in [3.63, 3.8) is 0 Å². The van der Waals surface area contributed by atoms with E-state index in [0.29, 0.717) is 30.1 Å². The molecule has 3 heteroatoms. The Balaban J connectivity index is 1.62. The molecule has 0 aliphatic heterocycles. The predicted molar refractivity (Wildman–Crippen MR) is 126 cm³/mol. The Hall–Kier alpha value is -0.640. The van der Waals surface area contributed by atoms with Crippen LogP contribution in [0.15, 0.2) is 24.3 Å². The monoisotopic (exact) mass is 430 g/mol. The maximum Gasteiger partial charge on any atom is 0.0910 e. The van der Waals surface area contributed by atoms with Gasteiger partial charge in [0.2, 0.25) is 0 Å². The Morgan fingerprint density at radius 1 is 0.871 bits per heavy atom. The molecule has 0 bridgehead atoms. The maximum absolute atomic E-state index is 12.2. The largest absolute Gasteiger partial charge is 0.393 e. The normalized spacial score (nSPS) is 51.4. The van der Waals surface area contributed by atoms with Crippen molar-refractivity contribution in [1.82, 2.24) is 0 Å². The fraction of sp³-hybridized carbons (Fsp3) is 0.857. The van der Waals surface area contributed by atoms with Crippen LogP contribution in [0.2, 0.25) is 0 Å². The molecule has 4 aliphatic rings. The van der Waals surface area contributed by atoms with Crippen molar-refractivity contribution in [2.75, 3.05) is 0 Å². The summed E-state index contributed by atoms with van der Waals surface area (Å²) in [7, 11) is 0. The summed E-state index contributed by atoms with van der Waals surface area (Å²) in [6.45, 7) is 13.8. The van der Waals surface area contributed by atoms with Gasteiger partial charge in [0, 0.05) is 17.8 Å². The number of aliphatic hydroxyl groups excluding tert-OH is 1. The van der Waals surface area contributed by atoms with Crippen molar-refractivity contribution in [2.45, 2.75) is 104 Å². The first kappa shape index (κ1) is 23.5. The summed E-state index contributed by atoms with van der Waals surface area (Å²) in [5, 5.41) is 34.0. The zero-order valence-electron chi connectivity index (χ0n) is 20.6. The molecule has 10 atom stereocenters. The minimum Gasteiger partial charge on any atom is -0.393 e. The molecule has 31 heavy (non-hydrogen) atoms. The minimum absolute atomic E-state index is 0.0612. The molecule has 3 fully saturated rings. The van der Waals surface area contributed by atoms with Crippen LogP contribution in [0.5, 0.6) is 0 Å². The lowest BCUT2D eigenvalue weighted by atomic mass is 9.43. The van der Waals surface area contributed by atoms with Gasteiger partial charge in [0.1, 0.15) is 0 Å². The van der Waals surface area contributed by atoms with E-state index in [4.69, 9.17) is 0 Å². The topological polar surface area (TPSA) is 60.7 Å². The summed E-state index contributed by atoms with van der Waals surface area (Å²) in [5.74, 6) is 2.66. The van der Waals surface area contributed by atoms with E-state index in [1.807, 2.05) is 12.2 Å². The first-order chi connectivity index (χ1) is 14.4. The van der Waals surface area contributed by atoms with Gasteiger partial charge in [-0.25, -0.2) is 0 Å². The van der Waals surface area contributed by atoms with Crippen molar-refractivity contribution >= 4 is 0 Å². The van der Waals surface area contributed by atoms with Crippen molar-refractivity contribution in [3.8, 4) is 0 Å². The van der Waals surface area contributed by atoms with E-state index in [9.17, 15) is 15.3 Å². The zero-order valence-corrected chi connectivity index (χ0v) is 20.6. The third-order valence-electron chi connectivity index (χ3n) is 10.8. The van der Waals surface area contributed by atoms with Gasteiger partial charge in [-0.1, -0.05) is 65.8 Å². The third-order valence-corrected chi connectivity index (χ3v) is 10.8. The van der Waals surface area contributed by atoms with E-state index in [1.165, 1.54) is 6.42 Å². The molecular weight excluding hydrogens is 384 g/mol. The molecule has 4 unspecified atom stereocenters. The van der Waals surface area contributed by atoms with Gasteiger partial charge in [-0.2, -0.15) is 0 Å². The Bertz CT molecular complexity index is 743. The third kappa shape index (κ3) is 3.40. The van der Waals surface area contributed by atoms with Gasteiger partial charge in [0.05, 0.1) is 17.3 Å². The number of fused-ring (bicyclic) bond motifs is 5. The molecule has 3 N–H and O–H groups in total. The van der Waals surface area contributed by atoms with Crippen LogP contribution in [0.3, 0.4) is 0 Å². The smallest absolute Gasteiger partial charge is 0.0910 e. The van der Waals surface area contributed by atoms with Crippen molar-refractivity contribution in [2.24, 2.45) is 46.3 Å². The highest BCUT2D eigenvalue weighted by atomic mass is 16.3. The molecule has 176 valence electrons. The number of allylic oxidation sites excluding steroid dienone is 2. The average molecular weight is 431 g/mol. The lowest BCUT2D eigenvalue weighted by Gasteiger charge is -2.64. The van der Waals surface area contributed by atoms with Gasteiger partial charge in [-0.05, 0) is 73.5 Å². The predicted octanol–water partition coefficient (Wildman–Crippen LogP) is 5.50. The molecule has 3 saturated carbocycles. The number of hydrogen-bond donors (Lipinski definition) is 3. The summed E-state index contributed by atoms with van der Waals surface area (Å²) < 4.78 is 0. The van der Waals surface area contributed by atoms with Crippen molar-refractivity contribution < 1.29 is 15.3 Å². The highest BCUT2D eigenvalue weighted by Crippen LogP contribution is 2.68. The van der Waals surface area contributed by atoms with E-state index in [0.717, 1.165) is 32.1 Å². The fourth-order valence-electron chi connectivity index (χ4n) is 8.33. The van der Waals surface area contributed by atoms with Crippen LogP contribution in [-0.2, 0) is 0 Å². The molecule has 0 amide bonds. The molecule has 0 heterocycles. The van der Waals surface area contributed by atoms with Gasteiger partial charge in [0.25, 0.3) is 0 Å². The molecular formula is C28H46O3. The Morgan fingerprint density at radius 3 is 2.26 bits per heavy atom. The van der Waals surface area contributed by atoms with Gasteiger partial charge in [-0.15, -0.1) is 0 Å². The van der Waals surface area contributed by atoms with Gasteiger partial charge in [-0.3, -0.25) is 0 Å². The SMILES string of the molecule is CC(C)C(C)C=C[C@@H](C)[C@H]1CC[C@H]2C3(O)C=CC4(O)CC(O)CC[C@]4(C)[C@H]3CC[C@]12C. The second-order valence-electron chi connectivity index (χ2n) is 12.6. The van der Waals surface area contributed by atoms with Crippen LogP contribution in [0, 0.1) is 46.3 Å². The first-order valence-electron chi connectivity index (χ1n) is 12.9. The summed E-state index contributed by atoms with van der Waals surface area (Å²) in [5.41, 5.74) is -2.09. The zero-order chi connectivity index (χ0) is 22.8. The number of aliphatic hydroxyl groups is 3. The maximum atomic E-state index is 12.2. The summed E-state index contributed by atoms with van der Waals surface area (Å²) in [4.78, 5) is 0. The molecule has 4 aliphatic carbocycles. The molecule has 3 nitrogen and oxygen atoms in total. The fourth-order valence-corrected chi connectivity index (χ4v) is 8.33. The van der Waals surface area contributed by atoms with E-state index < -0.39 is 17.3 Å². The highest BCUT2D eigenvalue weighted by Gasteiger charge is 2.68. The Labute approximate surface area is 190 Å². The number of rotatable bonds is 4. The van der Waals surface area contributed by atoms with Gasteiger partial charge in [0.15, 0.2) is 0 Å². The van der Waals surface area contributed by atoms with Gasteiger partial charge < -0.3 is 15.3 Å². The summed E-state index contributed by atoms with van der Waals surface area (Å²) in [6.07, 6.45) is 14.4. The van der Waals surface area contributed by atoms with Crippen LogP contribution < -0.4 is 0 Å². The van der Waals surface area contributed by atoms with Crippen LogP contribution in [0.1, 0.15) is 86.5 Å². The second kappa shape index (κ2) is 7.71. The van der Waals surface area contributed by atoms with Crippen molar-refractivity contribution in [3.05, 3.63) is 24.3 Å². The summed E-state index contributed by atoms with van der Waals surface area (Å²) >= 11 is 0. The molecule has 0 aromatic rings. The molecule has 0 saturated heterocycles. The van der Waals surface area contributed by atoms with Gasteiger partial charge >= 0.3 is 0 Å².